The molecule has 0 atom stereocenters. The van der Waals surface area contributed by atoms with Gasteiger partial charge < -0.3 is 10.2 Å². The van der Waals surface area contributed by atoms with E-state index in [1.807, 2.05) is 26.5 Å². The molecule has 0 radical (unpaired) electrons. The summed E-state index contributed by atoms with van der Waals surface area (Å²) in [6.45, 7) is 4.11. The third-order valence-electron chi connectivity index (χ3n) is 2.36. The molecule has 0 aliphatic heterocycles. The minimum atomic E-state index is 0.809. The van der Waals surface area contributed by atoms with Gasteiger partial charge in [0.25, 0.3) is 0 Å². The molecule has 0 bridgehead atoms. The Morgan fingerprint density at radius 1 is 1.33 bits per heavy atom. The lowest BCUT2D eigenvalue weighted by atomic mass is 10.3. The molecule has 15 heavy (non-hydrogen) atoms. The Balaban J connectivity index is 2.46. The van der Waals surface area contributed by atoms with Crippen molar-refractivity contribution >= 4 is 5.95 Å². The number of aromatic nitrogens is 2. The summed E-state index contributed by atoms with van der Waals surface area (Å²) in [6, 6.07) is 0. The Morgan fingerprint density at radius 3 is 2.53 bits per heavy atom. The fourth-order valence-electron chi connectivity index (χ4n) is 1.32. The third-order valence-corrected chi connectivity index (χ3v) is 2.36. The first kappa shape index (κ1) is 11.9. The number of nitrogens with one attached hydrogen (secondary N) is 1. The summed E-state index contributed by atoms with van der Waals surface area (Å²) in [6.07, 6.45) is 5.89. The highest BCUT2D eigenvalue weighted by atomic mass is 15.2. The Bertz CT molecular complexity index is 270. The number of hydrogen-bond acceptors (Lipinski definition) is 4. The van der Waals surface area contributed by atoms with E-state index < -0.39 is 0 Å². The maximum Gasteiger partial charge on any atom is 0.224 e. The van der Waals surface area contributed by atoms with Gasteiger partial charge in [-0.3, -0.25) is 0 Å². The van der Waals surface area contributed by atoms with Crippen molar-refractivity contribution in [3.8, 4) is 0 Å². The molecule has 0 amide bonds. The SMILES string of the molecule is CCc1cnc(N(C)CCCNC)nc1. The summed E-state index contributed by atoms with van der Waals surface area (Å²) in [4.78, 5) is 10.7. The quantitative estimate of drug-likeness (QED) is 0.710. The van der Waals surface area contributed by atoms with Gasteiger partial charge in [0.05, 0.1) is 0 Å². The van der Waals surface area contributed by atoms with Crippen LogP contribution in [0.1, 0.15) is 18.9 Å². The van der Waals surface area contributed by atoms with E-state index in [0.29, 0.717) is 0 Å². The summed E-state index contributed by atoms with van der Waals surface area (Å²) in [7, 11) is 3.99. The third kappa shape index (κ3) is 3.83. The highest BCUT2D eigenvalue weighted by molar-refractivity contribution is 5.28. The molecule has 0 saturated heterocycles. The molecule has 1 rings (SSSR count). The largest absolute Gasteiger partial charge is 0.344 e. The molecular formula is C11H20N4. The molecule has 1 aromatic heterocycles. The first-order chi connectivity index (χ1) is 7.27. The van der Waals surface area contributed by atoms with Gasteiger partial charge >= 0.3 is 0 Å². The van der Waals surface area contributed by atoms with Crippen molar-refractivity contribution in [3.63, 3.8) is 0 Å². The molecule has 4 heteroatoms. The van der Waals surface area contributed by atoms with Crippen LogP contribution in [-0.2, 0) is 6.42 Å². The molecule has 1 N–H and O–H groups in total. The standard InChI is InChI=1S/C11H20N4/c1-4-10-8-13-11(14-9-10)15(3)7-5-6-12-2/h8-9,12H,4-7H2,1-3H3. The first-order valence-electron chi connectivity index (χ1n) is 5.44. The van der Waals surface area contributed by atoms with Gasteiger partial charge in [-0.15, -0.1) is 0 Å². The summed E-state index contributed by atoms with van der Waals surface area (Å²) in [5.74, 6) is 0.809. The van der Waals surface area contributed by atoms with Crippen molar-refractivity contribution in [2.45, 2.75) is 19.8 Å². The second-order valence-corrected chi connectivity index (χ2v) is 3.62. The molecule has 0 fully saturated rings. The Hall–Kier alpha value is -1.16. The van der Waals surface area contributed by atoms with Crippen LogP contribution in [0, 0.1) is 0 Å². The average Bonchev–Trinajstić information content (AvgIpc) is 2.29. The van der Waals surface area contributed by atoms with Gasteiger partial charge in [0.15, 0.2) is 0 Å². The number of hydrogen-bond donors (Lipinski definition) is 1. The van der Waals surface area contributed by atoms with Crippen molar-refractivity contribution < 1.29 is 0 Å². The van der Waals surface area contributed by atoms with Gasteiger partial charge in [-0.1, -0.05) is 6.92 Å². The van der Waals surface area contributed by atoms with E-state index in [4.69, 9.17) is 0 Å². The van der Waals surface area contributed by atoms with Crippen LogP contribution in [0.5, 0.6) is 0 Å². The number of nitrogens with zero attached hydrogens (tertiary/aromatic N) is 3. The van der Waals surface area contributed by atoms with Crippen LogP contribution in [0.3, 0.4) is 0 Å². The van der Waals surface area contributed by atoms with E-state index >= 15 is 0 Å². The van der Waals surface area contributed by atoms with E-state index in [1.54, 1.807) is 0 Å². The molecule has 0 aliphatic carbocycles. The lowest BCUT2D eigenvalue weighted by Gasteiger charge is -2.16. The van der Waals surface area contributed by atoms with Gasteiger partial charge in [0, 0.05) is 26.0 Å². The van der Waals surface area contributed by atoms with Crippen LogP contribution in [0.25, 0.3) is 0 Å². The predicted molar refractivity (Wildman–Crippen MR) is 63.2 cm³/mol. The van der Waals surface area contributed by atoms with Crippen molar-refractivity contribution in [1.29, 1.82) is 0 Å². The maximum absolute atomic E-state index is 4.32. The van der Waals surface area contributed by atoms with E-state index in [0.717, 1.165) is 31.9 Å². The number of anilines is 1. The van der Waals surface area contributed by atoms with Gasteiger partial charge in [-0.05, 0) is 32.0 Å². The molecule has 84 valence electrons. The van der Waals surface area contributed by atoms with Crippen molar-refractivity contribution in [3.05, 3.63) is 18.0 Å². The minimum Gasteiger partial charge on any atom is -0.344 e. The summed E-state index contributed by atoms with van der Waals surface area (Å²) >= 11 is 0. The lowest BCUT2D eigenvalue weighted by Crippen LogP contribution is -2.23. The molecule has 1 aromatic rings. The van der Waals surface area contributed by atoms with Gasteiger partial charge in [0.1, 0.15) is 0 Å². The Kier molecular flexibility index (Phi) is 5.04. The van der Waals surface area contributed by atoms with Gasteiger partial charge in [0.2, 0.25) is 5.95 Å². The Labute approximate surface area is 91.7 Å². The van der Waals surface area contributed by atoms with Crippen LogP contribution < -0.4 is 10.2 Å². The maximum atomic E-state index is 4.32. The fraction of sp³-hybridized carbons (Fsp3) is 0.636. The van der Waals surface area contributed by atoms with E-state index in [9.17, 15) is 0 Å². The number of aryl methyl sites for hydroxylation is 1. The molecular weight excluding hydrogens is 188 g/mol. The predicted octanol–water partition coefficient (Wildman–Crippen LogP) is 1.08. The zero-order valence-electron chi connectivity index (χ0n) is 9.82. The molecule has 0 saturated carbocycles. The minimum absolute atomic E-state index is 0.809. The summed E-state index contributed by atoms with van der Waals surface area (Å²) < 4.78 is 0. The van der Waals surface area contributed by atoms with E-state index in [1.165, 1.54) is 5.56 Å². The zero-order valence-corrected chi connectivity index (χ0v) is 9.82. The fourth-order valence-corrected chi connectivity index (χ4v) is 1.32. The second-order valence-electron chi connectivity index (χ2n) is 3.62. The van der Waals surface area contributed by atoms with Crippen LogP contribution in [0.4, 0.5) is 5.95 Å². The normalized spacial score (nSPS) is 10.3. The molecule has 0 spiro atoms. The van der Waals surface area contributed by atoms with Crippen LogP contribution in [0.2, 0.25) is 0 Å². The zero-order chi connectivity index (χ0) is 11.1. The van der Waals surface area contributed by atoms with Gasteiger partial charge in [-0.2, -0.15) is 0 Å². The molecule has 4 nitrogen and oxygen atoms in total. The second kappa shape index (κ2) is 6.35. The summed E-state index contributed by atoms with van der Waals surface area (Å²) in [5, 5.41) is 3.13. The van der Waals surface area contributed by atoms with E-state index in [2.05, 4.69) is 27.1 Å². The highest BCUT2D eigenvalue weighted by Gasteiger charge is 2.02. The van der Waals surface area contributed by atoms with Crippen LogP contribution >= 0.6 is 0 Å². The van der Waals surface area contributed by atoms with Crippen molar-refractivity contribution in [2.24, 2.45) is 0 Å². The molecule has 1 heterocycles. The van der Waals surface area contributed by atoms with Crippen LogP contribution in [-0.4, -0.2) is 37.2 Å². The monoisotopic (exact) mass is 208 g/mol. The van der Waals surface area contributed by atoms with Crippen LogP contribution in [0.15, 0.2) is 12.4 Å². The molecule has 0 unspecified atom stereocenters. The lowest BCUT2D eigenvalue weighted by molar-refractivity contribution is 0.703. The Morgan fingerprint density at radius 2 is 2.00 bits per heavy atom. The van der Waals surface area contributed by atoms with Crippen molar-refractivity contribution in [2.75, 3.05) is 32.1 Å². The van der Waals surface area contributed by atoms with E-state index in [-0.39, 0.29) is 0 Å². The van der Waals surface area contributed by atoms with Crippen molar-refractivity contribution in [1.82, 2.24) is 15.3 Å². The first-order valence-corrected chi connectivity index (χ1v) is 5.44. The summed E-state index contributed by atoms with van der Waals surface area (Å²) in [5.41, 5.74) is 1.18. The van der Waals surface area contributed by atoms with Gasteiger partial charge in [-0.25, -0.2) is 9.97 Å². The highest BCUT2D eigenvalue weighted by Crippen LogP contribution is 2.05. The average molecular weight is 208 g/mol. The number of rotatable bonds is 6. The smallest absolute Gasteiger partial charge is 0.224 e. The molecule has 0 aromatic carbocycles. The molecule has 0 aliphatic rings. The topological polar surface area (TPSA) is 41.1 Å².